The predicted molar refractivity (Wildman–Crippen MR) is 61.7 cm³/mol. The number of rotatable bonds is 5. The Morgan fingerprint density at radius 2 is 2.44 bits per heavy atom. The van der Waals surface area contributed by atoms with Crippen LogP contribution in [0.2, 0.25) is 5.02 Å². The van der Waals surface area contributed by atoms with Crippen LogP contribution in [-0.2, 0) is 4.79 Å². The molecule has 0 radical (unpaired) electrons. The molecule has 1 rings (SSSR count). The Morgan fingerprint density at radius 1 is 1.81 bits per heavy atom. The summed E-state index contributed by atoms with van der Waals surface area (Å²) in [6.07, 6.45) is 3.65. The fourth-order valence-electron chi connectivity index (χ4n) is 1.54. The number of hydrogen-bond acceptors (Lipinski definition) is 3. The van der Waals surface area contributed by atoms with Crippen LogP contribution in [0.5, 0.6) is 0 Å². The van der Waals surface area contributed by atoms with Crippen LogP contribution in [0.25, 0.3) is 0 Å². The van der Waals surface area contributed by atoms with Crippen LogP contribution in [0.4, 0.5) is 0 Å². The summed E-state index contributed by atoms with van der Waals surface area (Å²) in [4.78, 5) is 11.1. The summed E-state index contributed by atoms with van der Waals surface area (Å²) >= 11 is 5.76. The third-order valence-electron chi connectivity index (χ3n) is 2.75. The second kappa shape index (κ2) is 4.84. The SMILES string of the molecule is CNC(C)(CC(C)n1cc(Cl)cn1)C(=O)O. The average Bonchev–Trinajstić information content (AvgIpc) is 2.64. The maximum Gasteiger partial charge on any atom is 0.323 e. The molecule has 0 fully saturated rings. The summed E-state index contributed by atoms with van der Waals surface area (Å²) in [7, 11) is 1.64. The van der Waals surface area contributed by atoms with Crippen molar-refractivity contribution in [2.75, 3.05) is 7.05 Å². The Morgan fingerprint density at radius 3 is 2.81 bits per heavy atom. The largest absolute Gasteiger partial charge is 0.480 e. The first-order chi connectivity index (χ1) is 7.39. The van der Waals surface area contributed by atoms with Crippen LogP contribution < -0.4 is 5.32 Å². The third-order valence-corrected chi connectivity index (χ3v) is 2.94. The molecule has 6 heteroatoms. The van der Waals surface area contributed by atoms with Gasteiger partial charge in [0, 0.05) is 6.20 Å². The lowest BCUT2D eigenvalue weighted by Gasteiger charge is -2.27. The number of hydrogen-bond donors (Lipinski definition) is 2. The molecule has 0 spiro atoms. The number of aliphatic carboxylic acids is 1. The number of nitrogens with zero attached hydrogens (tertiary/aromatic N) is 2. The molecule has 0 aliphatic rings. The Labute approximate surface area is 99.4 Å². The Balaban J connectivity index is 2.77. The van der Waals surface area contributed by atoms with Gasteiger partial charge < -0.3 is 10.4 Å². The molecule has 16 heavy (non-hydrogen) atoms. The first-order valence-electron chi connectivity index (χ1n) is 5.01. The molecule has 0 amide bonds. The Kier molecular flexibility index (Phi) is 3.93. The van der Waals surface area contributed by atoms with E-state index in [4.69, 9.17) is 16.7 Å². The monoisotopic (exact) mass is 245 g/mol. The highest BCUT2D eigenvalue weighted by molar-refractivity contribution is 6.30. The van der Waals surface area contributed by atoms with Gasteiger partial charge in [0.1, 0.15) is 5.54 Å². The number of likely N-dealkylation sites (N-methyl/N-ethyl adjacent to an activating group) is 1. The van der Waals surface area contributed by atoms with Crippen molar-refractivity contribution in [1.82, 2.24) is 15.1 Å². The maximum absolute atomic E-state index is 11.1. The van der Waals surface area contributed by atoms with Gasteiger partial charge in [0.25, 0.3) is 0 Å². The number of carboxylic acids is 1. The van der Waals surface area contributed by atoms with E-state index < -0.39 is 11.5 Å². The van der Waals surface area contributed by atoms with Crippen LogP contribution in [-0.4, -0.2) is 33.4 Å². The third kappa shape index (κ3) is 2.74. The van der Waals surface area contributed by atoms with E-state index >= 15 is 0 Å². The standard InChI is InChI=1S/C10H16ClN3O2/c1-7(14-6-8(11)5-13-14)4-10(2,12-3)9(15)16/h5-7,12H,4H2,1-3H3,(H,15,16). The molecule has 2 unspecified atom stereocenters. The molecule has 1 aromatic heterocycles. The zero-order valence-corrected chi connectivity index (χ0v) is 10.3. The summed E-state index contributed by atoms with van der Waals surface area (Å²) in [6.45, 7) is 3.55. The molecular formula is C10H16ClN3O2. The van der Waals surface area contributed by atoms with Crippen LogP contribution >= 0.6 is 11.6 Å². The quantitative estimate of drug-likeness (QED) is 0.826. The number of nitrogens with one attached hydrogen (secondary N) is 1. The second-order valence-electron chi connectivity index (χ2n) is 4.08. The van der Waals surface area contributed by atoms with Gasteiger partial charge in [-0.2, -0.15) is 5.10 Å². The fourth-order valence-corrected chi connectivity index (χ4v) is 1.68. The molecule has 5 nitrogen and oxygen atoms in total. The molecule has 2 N–H and O–H groups in total. The summed E-state index contributed by atoms with van der Waals surface area (Å²) in [5.41, 5.74) is -0.960. The van der Waals surface area contributed by atoms with Crippen LogP contribution in [0, 0.1) is 0 Å². The zero-order chi connectivity index (χ0) is 12.3. The molecule has 1 aromatic rings. The highest BCUT2D eigenvalue weighted by Crippen LogP contribution is 2.21. The van der Waals surface area contributed by atoms with Gasteiger partial charge in [-0.1, -0.05) is 11.6 Å². The van der Waals surface area contributed by atoms with Crippen molar-refractivity contribution in [3.63, 3.8) is 0 Å². The smallest absolute Gasteiger partial charge is 0.323 e. The fraction of sp³-hybridized carbons (Fsp3) is 0.600. The average molecular weight is 246 g/mol. The molecule has 0 aromatic carbocycles. The maximum atomic E-state index is 11.1. The second-order valence-corrected chi connectivity index (χ2v) is 4.52. The summed E-state index contributed by atoms with van der Waals surface area (Å²) in [5, 5.41) is 16.5. The van der Waals surface area contributed by atoms with E-state index in [-0.39, 0.29) is 6.04 Å². The summed E-state index contributed by atoms with van der Waals surface area (Å²) in [5.74, 6) is -0.875. The van der Waals surface area contributed by atoms with Gasteiger partial charge >= 0.3 is 5.97 Å². The van der Waals surface area contributed by atoms with Gasteiger partial charge in [-0.15, -0.1) is 0 Å². The highest BCUT2D eigenvalue weighted by Gasteiger charge is 2.33. The lowest BCUT2D eigenvalue weighted by molar-refractivity contribution is -0.144. The zero-order valence-electron chi connectivity index (χ0n) is 9.57. The normalized spacial score (nSPS) is 16.8. The molecule has 0 bridgehead atoms. The molecule has 2 atom stereocenters. The minimum absolute atomic E-state index is 0.0407. The van der Waals surface area contributed by atoms with Crippen molar-refractivity contribution in [3.05, 3.63) is 17.4 Å². The predicted octanol–water partition coefficient (Wildman–Crippen LogP) is 1.55. The van der Waals surface area contributed by atoms with Crippen molar-refractivity contribution < 1.29 is 9.90 Å². The molecule has 0 aliphatic carbocycles. The van der Waals surface area contributed by atoms with Gasteiger partial charge in [0.05, 0.1) is 17.3 Å². The van der Waals surface area contributed by atoms with Gasteiger partial charge in [0.15, 0.2) is 0 Å². The van der Waals surface area contributed by atoms with Crippen molar-refractivity contribution in [2.24, 2.45) is 0 Å². The van der Waals surface area contributed by atoms with Gasteiger partial charge in [-0.05, 0) is 27.3 Å². The molecule has 0 aliphatic heterocycles. The van der Waals surface area contributed by atoms with Crippen molar-refractivity contribution in [1.29, 1.82) is 0 Å². The van der Waals surface area contributed by atoms with E-state index in [0.717, 1.165) is 0 Å². The van der Waals surface area contributed by atoms with E-state index in [9.17, 15) is 4.79 Å². The molecule has 1 heterocycles. The number of carbonyl (C=O) groups is 1. The van der Waals surface area contributed by atoms with Crippen LogP contribution in [0.15, 0.2) is 12.4 Å². The lowest BCUT2D eigenvalue weighted by Crippen LogP contribution is -2.48. The van der Waals surface area contributed by atoms with Crippen molar-refractivity contribution in [2.45, 2.75) is 31.8 Å². The van der Waals surface area contributed by atoms with E-state index in [0.29, 0.717) is 11.4 Å². The van der Waals surface area contributed by atoms with Gasteiger partial charge in [-0.25, -0.2) is 0 Å². The van der Waals surface area contributed by atoms with Crippen LogP contribution in [0.3, 0.4) is 0 Å². The van der Waals surface area contributed by atoms with E-state index in [1.54, 1.807) is 24.9 Å². The molecule has 0 saturated carbocycles. The number of carboxylic acid groups (broad SMARTS) is 1. The first kappa shape index (κ1) is 13.0. The van der Waals surface area contributed by atoms with E-state index in [1.807, 2.05) is 6.92 Å². The molecular weight excluding hydrogens is 230 g/mol. The van der Waals surface area contributed by atoms with Gasteiger partial charge in [-0.3, -0.25) is 9.48 Å². The Bertz CT molecular complexity index is 380. The summed E-state index contributed by atoms with van der Waals surface area (Å²) < 4.78 is 1.67. The Hall–Kier alpha value is -1.07. The highest BCUT2D eigenvalue weighted by atomic mass is 35.5. The van der Waals surface area contributed by atoms with E-state index in [2.05, 4.69) is 10.4 Å². The summed E-state index contributed by atoms with van der Waals surface area (Å²) in [6, 6.07) is -0.0407. The molecule has 0 saturated heterocycles. The topological polar surface area (TPSA) is 67.2 Å². The molecule has 90 valence electrons. The number of halogens is 1. The minimum Gasteiger partial charge on any atom is -0.480 e. The first-order valence-corrected chi connectivity index (χ1v) is 5.39. The van der Waals surface area contributed by atoms with Crippen molar-refractivity contribution in [3.8, 4) is 0 Å². The van der Waals surface area contributed by atoms with Gasteiger partial charge in [0.2, 0.25) is 0 Å². The van der Waals surface area contributed by atoms with Crippen LogP contribution in [0.1, 0.15) is 26.3 Å². The lowest BCUT2D eigenvalue weighted by atomic mass is 9.94. The van der Waals surface area contributed by atoms with E-state index in [1.165, 1.54) is 6.20 Å². The van der Waals surface area contributed by atoms with Crippen molar-refractivity contribution >= 4 is 17.6 Å². The minimum atomic E-state index is -0.960. The number of aromatic nitrogens is 2.